The minimum Gasteiger partial charge on any atom is -0.394 e. The molecule has 0 aliphatic rings. The molecular weight excluding hydrogens is 235 g/mol. The average Bonchev–Trinajstić information content (AvgIpc) is 2.36. The molecule has 1 unspecified atom stereocenters. The first-order chi connectivity index (χ1) is 8.54. The van der Waals surface area contributed by atoms with E-state index in [0.29, 0.717) is 13.0 Å². The highest BCUT2D eigenvalue weighted by Crippen LogP contribution is 2.03. The third kappa shape index (κ3) is 4.33. The number of nitrogens with zero attached hydrogens (tertiary/aromatic N) is 1. The lowest BCUT2D eigenvalue weighted by Crippen LogP contribution is -2.44. The largest absolute Gasteiger partial charge is 0.394 e. The quantitative estimate of drug-likeness (QED) is 0.834. The van der Waals surface area contributed by atoms with Gasteiger partial charge in [0.15, 0.2) is 0 Å². The number of rotatable bonds is 5. The number of halogens is 1. The van der Waals surface area contributed by atoms with Gasteiger partial charge in [0.25, 0.3) is 0 Å². The van der Waals surface area contributed by atoms with Crippen LogP contribution >= 0.6 is 0 Å². The summed E-state index contributed by atoms with van der Waals surface area (Å²) in [5, 5.41) is 11.6. The van der Waals surface area contributed by atoms with Crippen LogP contribution in [0.25, 0.3) is 0 Å². The molecule has 2 N–H and O–H groups in total. The molecular formula is C13H19FN2O2. The molecule has 18 heavy (non-hydrogen) atoms. The Hall–Kier alpha value is -1.62. The number of hydrogen-bond donors (Lipinski definition) is 2. The second-order valence-electron chi connectivity index (χ2n) is 4.25. The van der Waals surface area contributed by atoms with E-state index < -0.39 is 0 Å². The fourth-order valence-corrected chi connectivity index (χ4v) is 1.45. The van der Waals surface area contributed by atoms with Gasteiger partial charge in [-0.2, -0.15) is 0 Å². The third-order valence-electron chi connectivity index (χ3n) is 2.82. The molecule has 0 spiro atoms. The first kappa shape index (κ1) is 14.4. The first-order valence-electron chi connectivity index (χ1n) is 5.90. The molecule has 0 aromatic heterocycles. The molecule has 1 atom stereocenters. The topological polar surface area (TPSA) is 52.6 Å². The lowest BCUT2D eigenvalue weighted by atomic mass is 10.1. The number of urea groups is 1. The molecule has 0 aliphatic heterocycles. The maximum atomic E-state index is 12.9. The lowest BCUT2D eigenvalue weighted by molar-refractivity contribution is 0.157. The lowest BCUT2D eigenvalue weighted by Gasteiger charge is -2.23. The third-order valence-corrected chi connectivity index (χ3v) is 2.82. The predicted octanol–water partition coefficient (Wildman–Crippen LogP) is 1.39. The van der Waals surface area contributed by atoms with Crippen LogP contribution in [0, 0.1) is 5.82 Å². The number of aliphatic hydroxyl groups excluding tert-OH is 1. The van der Waals surface area contributed by atoms with Crippen molar-refractivity contribution in [2.45, 2.75) is 19.4 Å². The van der Waals surface area contributed by atoms with Crippen LogP contribution in [0.5, 0.6) is 0 Å². The Labute approximate surface area is 106 Å². The van der Waals surface area contributed by atoms with Crippen molar-refractivity contribution in [2.75, 3.05) is 20.2 Å². The van der Waals surface area contributed by atoms with Crippen LogP contribution in [0.4, 0.5) is 9.18 Å². The molecule has 1 aromatic rings. The van der Waals surface area contributed by atoms with Crippen molar-refractivity contribution in [1.82, 2.24) is 10.2 Å². The number of amides is 2. The van der Waals surface area contributed by atoms with Gasteiger partial charge in [-0.25, -0.2) is 9.18 Å². The summed E-state index contributed by atoms with van der Waals surface area (Å²) >= 11 is 0. The summed E-state index contributed by atoms with van der Waals surface area (Å²) in [6, 6.07) is 5.83. The van der Waals surface area contributed by atoms with Gasteiger partial charge in [0.1, 0.15) is 5.82 Å². The SMILES string of the molecule is CC(CO)N(C)C(=O)NCCc1cccc(F)c1. The summed E-state index contributed by atoms with van der Waals surface area (Å²) in [4.78, 5) is 13.1. The molecule has 4 nitrogen and oxygen atoms in total. The highest BCUT2D eigenvalue weighted by Gasteiger charge is 2.13. The molecule has 5 heteroatoms. The van der Waals surface area contributed by atoms with Crippen LogP contribution in [0.3, 0.4) is 0 Å². The average molecular weight is 254 g/mol. The fraction of sp³-hybridized carbons (Fsp3) is 0.462. The Balaban J connectivity index is 2.36. The van der Waals surface area contributed by atoms with Gasteiger partial charge in [0, 0.05) is 13.6 Å². The second kappa shape index (κ2) is 6.96. The standard InChI is InChI=1S/C13H19FN2O2/c1-10(9-17)16(2)13(18)15-7-6-11-4-3-5-12(14)8-11/h3-5,8,10,17H,6-7,9H2,1-2H3,(H,15,18). The Morgan fingerprint density at radius 2 is 2.28 bits per heavy atom. The molecule has 0 aliphatic carbocycles. The molecule has 0 saturated heterocycles. The van der Waals surface area contributed by atoms with Crippen LogP contribution in [-0.2, 0) is 6.42 Å². The van der Waals surface area contributed by atoms with Crippen LogP contribution in [0.15, 0.2) is 24.3 Å². The zero-order chi connectivity index (χ0) is 13.5. The van der Waals surface area contributed by atoms with Gasteiger partial charge in [0.2, 0.25) is 0 Å². The minimum absolute atomic E-state index is 0.0756. The summed E-state index contributed by atoms with van der Waals surface area (Å²) in [5.41, 5.74) is 0.841. The van der Waals surface area contributed by atoms with Crippen LogP contribution in [0.1, 0.15) is 12.5 Å². The fourth-order valence-electron chi connectivity index (χ4n) is 1.45. The van der Waals surface area contributed by atoms with E-state index in [9.17, 15) is 9.18 Å². The van der Waals surface area contributed by atoms with Gasteiger partial charge >= 0.3 is 6.03 Å². The molecule has 0 saturated carbocycles. The number of carbonyl (C=O) groups is 1. The Kier molecular flexibility index (Phi) is 5.58. The summed E-state index contributed by atoms with van der Waals surface area (Å²) in [6.07, 6.45) is 0.574. The maximum Gasteiger partial charge on any atom is 0.317 e. The van der Waals surface area contributed by atoms with E-state index in [1.807, 2.05) is 6.07 Å². The molecule has 0 radical (unpaired) electrons. The summed E-state index contributed by atoms with van der Waals surface area (Å²) < 4.78 is 12.9. The van der Waals surface area contributed by atoms with E-state index in [4.69, 9.17) is 5.11 Å². The predicted molar refractivity (Wildman–Crippen MR) is 67.8 cm³/mol. The second-order valence-corrected chi connectivity index (χ2v) is 4.25. The molecule has 100 valence electrons. The zero-order valence-corrected chi connectivity index (χ0v) is 10.7. The zero-order valence-electron chi connectivity index (χ0n) is 10.7. The van der Waals surface area contributed by atoms with Crippen LogP contribution in [0.2, 0.25) is 0 Å². The Morgan fingerprint density at radius 1 is 1.56 bits per heavy atom. The van der Waals surface area contributed by atoms with Crippen molar-refractivity contribution in [1.29, 1.82) is 0 Å². The van der Waals surface area contributed by atoms with Crippen LogP contribution in [-0.4, -0.2) is 42.3 Å². The maximum absolute atomic E-state index is 12.9. The Bertz CT molecular complexity index is 398. The highest BCUT2D eigenvalue weighted by atomic mass is 19.1. The van der Waals surface area contributed by atoms with Crippen molar-refractivity contribution in [3.05, 3.63) is 35.6 Å². The Morgan fingerprint density at radius 3 is 2.89 bits per heavy atom. The molecule has 0 bridgehead atoms. The summed E-state index contributed by atoms with van der Waals surface area (Å²) in [6.45, 7) is 2.12. The van der Waals surface area contributed by atoms with Gasteiger partial charge < -0.3 is 15.3 Å². The van der Waals surface area contributed by atoms with Gasteiger partial charge in [0.05, 0.1) is 12.6 Å². The van der Waals surface area contributed by atoms with Gasteiger partial charge in [-0.05, 0) is 31.0 Å². The number of nitrogens with one attached hydrogen (secondary N) is 1. The van der Waals surface area contributed by atoms with Gasteiger partial charge in [-0.3, -0.25) is 0 Å². The first-order valence-corrected chi connectivity index (χ1v) is 5.90. The number of likely N-dealkylation sites (N-methyl/N-ethyl adjacent to an activating group) is 1. The number of aliphatic hydroxyl groups is 1. The van der Waals surface area contributed by atoms with Gasteiger partial charge in [-0.1, -0.05) is 12.1 Å². The van der Waals surface area contributed by atoms with E-state index in [0.717, 1.165) is 5.56 Å². The van der Waals surface area contributed by atoms with E-state index in [1.54, 1.807) is 20.0 Å². The minimum atomic E-state index is -0.273. The van der Waals surface area contributed by atoms with Crippen molar-refractivity contribution in [2.24, 2.45) is 0 Å². The highest BCUT2D eigenvalue weighted by molar-refractivity contribution is 5.74. The summed E-state index contributed by atoms with van der Waals surface area (Å²) in [5.74, 6) is -0.273. The molecule has 1 aromatic carbocycles. The number of hydrogen-bond acceptors (Lipinski definition) is 2. The molecule has 2 amide bonds. The van der Waals surface area contributed by atoms with E-state index >= 15 is 0 Å². The molecule has 0 fully saturated rings. The van der Waals surface area contributed by atoms with Crippen molar-refractivity contribution >= 4 is 6.03 Å². The summed E-state index contributed by atoms with van der Waals surface area (Å²) in [7, 11) is 1.62. The molecule has 0 heterocycles. The molecule has 1 rings (SSSR count). The number of benzene rings is 1. The van der Waals surface area contributed by atoms with Gasteiger partial charge in [-0.15, -0.1) is 0 Å². The van der Waals surface area contributed by atoms with E-state index in [-0.39, 0.29) is 24.5 Å². The smallest absolute Gasteiger partial charge is 0.317 e. The normalized spacial score (nSPS) is 12.0. The van der Waals surface area contributed by atoms with Crippen LogP contribution < -0.4 is 5.32 Å². The van der Waals surface area contributed by atoms with Crippen molar-refractivity contribution < 1.29 is 14.3 Å². The monoisotopic (exact) mass is 254 g/mol. The van der Waals surface area contributed by atoms with Crippen molar-refractivity contribution in [3.63, 3.8) is 0 Å². The number of carbonyl (C=O) groups excluding carboxylic acids is 1. The van der Waals surface area contributed by atoms with E-state index in [1.165, 1.54) is 17.0 Å². The van der Waals surface area contributed by atoms with Crippen molar-refractivity contribution in [3.8, 4) is 0 Å². The van der Waals surface area contributed by atoms with E-state index in [2.05, 4.69) is 5.32 Å².